The third-order valence-corrected chi connectivity index (χ3v) is 2.31. The standard InChI is InChI=1S/C12H13FN2O4/c13-9-5-4-7(6-8(9)12(14)19)15-10(16)2-1-3-11(17)18/h4-6H,1-3H2,(H2,14,19)(H,15,16)(H,17,18). The molecule has 4 N–H and O–H groups in total. The van der Waals surface area contributed by atoms with Gasteiger partial charge in [0, 0.05) is 18.5 Å². The van der Waals surface area contributed by atoms with Crippen LogP contribution in [0.2, 0.25) is 0 Å². The van der Waals surface area contributed by atoms with Gasteiger partial charge < -0.3 is 16.2 Å². The van der Waals surface area contributed by atoms with Crippen molar-refractivity contribution < 1.29 is 23.9 Å². The zero-order chi connectivity index (χ0) is 14.4. The van der Waals surface area contributed by atoms with Crippen molar-refractivity contribution >= 4 is 23.5 Å². The summed E-state index contributed by atoms with van der Waals surface area (Å²) in [7, 11) is 0. The van der Waals surface area contributed by atoms with Crippen molar-refractivity contribution in [1.82, 2.24) is 0 Å². The zero-order valence-electron chi connectivity index (χ0n) is 9.98. The van der Waals surface area contributed by atoms with Crippen molar-refractivity contribution in [3.8, 4) is 0 Å². The first-order valence-corrected chi connectivity index (χ1v) is 5.51. The first-order chi connectivity index (χ1) is 8.90. The third-order valence-electron chi connectivity index (χ3n) is 2.31. The van der Waals surface area contributed by atoms with E-state index in [1.165, 1.54) is 6.07 Å². The van der Waals surface area contributed by atoms with Crippen LogP contribution in [0, 0.1) is 5.82 Å². The molecule has 1 rings (SSSR count). The number of amides is 2. The minimum atomic E-state index is -0.981. The fourth-order valence-corrected chi connectivity index (χ4v) is 1.42. The van der Waals surface area contributed by atoms with Crippen LogP contribution in [0.5, 0.6) is 0 Å². The lowest BCUT2D eigenvalue weighted by atomic mass is 10.1. The molecule has 0 unspecified atom stereocenters. The summed E-state index contributed by atoms with van der Waals surface area (Å²) in [5.74, 6) is -3.09. The number of primary amides is 1. The highest BCUT2D eigenvalue weighted by atomic mass is 19.1. The van der Waals surface area contributed by atoms with Crippen LogP contribution in [-0.2, 0) is 9.59 Å². The molecular formula is C12H13FN2O4. The van der Waals surface area contributed by atoms with Gasteiger partial charge >= 0.3 is 5.97 Å². The van der Waals surface area contributed by atoms with Crippen LogP contribution in [0.4, 0.5) is 10.1 Å². The third kappa shape index (κ3) is 4.74. The Morgan fingerprint density at radius 3 is 2.53 bits per heavy atom. The van der Waals surface area contributed by atoms with Crippen molar-refractivity contribution in [2.75, 3.05) is 5.32 Å². The second-order valence-electron chi connectivity index (χ2n) is 3.85. The van der Waals surface area contributed by atoms with Gasteiger partial charge in [0.05, 0.1) is 5.56 Å². The van der Waals surface area contributed by atoms with Gasteiger partial charge in [0.2, 0.25) is 5.91 Å². The number of hydrogen-bond acceptors (Lipinski definition) is 3. The van der Waals surface area contributed by atoms with E-state index < -0.39 is 23.6 Å². The smallest absolute Gasteiger partial charge is 0.303 e. The summed E-state index contributed by atoms with van der Waals surface area (Å²) >= 11 is 0. The molecule has 102 valence electrons. The van der Waals surface area contributed by atoms with E-state index in [1.54, 1.807) is 0 Å². The average molecular weight is 268 g/mol. The number of halogens is 1. The minimum Gasteiger partial charge on any atom is -0.481 e. The average Bonchev–Trinajstić information content (AvgIpc) is 2.30. The van der Waals surface area contributed by atoms with Crippen molar-refractivity contribution in [3.05, 3.63) is 29.6 Å². The van der Waals surface area contributed by atoms with Gasteiger partial charge in [-0.05, 0) is 24.6 Å². The SMILES string of the molecule is NC(=O)c1cc(NC(=O)CCCC(=O)O)ccc1F. The molecule has 0 heterocycles. The summed E-state index contributed by atoms with van der Waals surface area (Å²) in [4.78, 5) is 32.6. The fraction of sp³-hybridized carbons (Fsp3) is 0.250. The Bertz CT molecular complexity index is 516. The number of anilines is 1. The number of hydrogen-bond donors (Lipinski definition) is 3. The Labute approximate surface area is 108 Å². The number of rotatable bonds is 6. The maximum atomic E-state index is 13.2. The van der Waals surface area contributed by atoms with Crippen molar-refractivity contribution in [2.45, 2.75) is 19.3 Å². The van der Waals surface area contributed by atoms with Gasteiger partial charge in [-0.25, -0.2) is 4.39 Å². The number of benzene rings is 1. The molecule has 19 heavy (non-hydrogen) atoms. The Balaban J connectivity index is 2.62. The zero-order valence-corrected chi connectivity index (χ0v) is 9.98. The van der Waals surface area contributed by atoms with Gasteiger partial charge in [0.25, 0.3) is 5.91 Å². The second kappa shape index (κ2) is 6.48. The summed E-state index contributed by atoms with van der Waals surface area (Å²) in [6.07, 6.45) is 0.115. The van der Waals surface area contributed by atoms with E-state index >= 15 is 0 Å². The number of carboxylic acids is 1. The van der Waals surface area contributed by atoms with Crippen LogP contribution in [-0.4, -0.2) is 22.9 Å². The van der Waals surface area contributed by atoms with E-state index in [9.17, 15) is 18.8 Å². The second-order valence-corrected chi connectivity index (χ2v) is 3.85. The normalized spacial score (nSPS) is 9.95. The Morgan fingerprint density at radius 1 is 1.26 bits per heavy atom. The van der Waals surface area contributed by atoms with E-state index in [0.717, 1.165) is 12.1 Å². The molecule has 0 saturated heterocycles. The van der Waals surface area contributed by atoms with Gasteiger partial charge in [0.1, 0.15) is 5.82 Å². The highest BCUT2D eigenvalue weighted by molar-refractivity contribution is 5.96. The molecule has 0 aromatic heterocycles. The number of nitrogens with two attached hydrogens (primary N) is 1. The first kappa shape index (κ1) is 14.6. The monoisotopic (exact) mass is 268 g/mol. The van der Waals surface area contributed by atoms with E-state index in [-0.39, 0.29) is 30.5 Å². The number of carboxylic acid groups (broad SMARTS) is 1. The van der Waals surface area contributed by atoms with Crippen LogP contribution < -0.4 is 11.1 Å². The molecule has 0 aliphatic rings. The molecule has 1 aromatic carbocycles. The van der Waals surface area contributed by atoms with Crippen molar-refractivity contribution in [1.29, 1.82) is 0 Å². The molecule has 7 heteroatoms. The summed E-state index contributed by atoms with van der Waals surface area (Å²) < 4.78 is 13.2. The van der Waals surface area contributed by atoms with Crippen LogP contribution in [0.15, 0.2) is 18.2 Å². The molecule has 0 bridgehead atoms. The lowest BCUT2D eigenvalue weighted by Crippen LogP contribution is -2.16. The van der Waals surface area contributed by atoms with Crippen LogP contribution in [0.3, 0.4) is 0 Å². The molecule has 0 aliphatic carbocycles. The minimum absolute atomic E-state index is 0.0234. The molecule has 1 aromatic rings. The van der Waals surface area contributed by atoms with Gasteiger partial charge in [-0.1, -0.05) is 0 Å². The van der Waals surface area contributed by atoms with Crippen LogP contribution in [0.1, 0.15) is 29.6 Å². The molecule has 0 spiro atoms. The highest BCUT2D eigenvalue weighted by Crippen LogP contribution is 2.14. The summed E-state index contributed by atoms with van der Waals surface area (Å²) in [6.45, 7) is 0. The van der Waals surface area contributed by atoms with Crippen molar-refractivity contribution in [3.63, 3.8) is 0 Å². The number of carbonyl (C=O) groups excluding carboxylic acids is 2. The number of carbonyl (C=O) groups is 3. The molecular weight excluding hydrogens is 255 g/mol. The Morgan fingerprint density at radius 2 is 1.95 bits per heavy atom. The largest absolute Gasteiger partial charge is 0.481 e. The lowest BCUT2D eigenvalue weighted by molar-refractivity contribution is -0.137. The van der Waals surface area contributed by atoms with Gasteiger partial charge in [-0.3, -0.25) is 14.4 Å². The van der Waals surface area contributed by atoms with E-state index in [0.29, 0.717) is 0 Å². The summed E-state index contributed by atoms with van der Waals surface area (Å²) in [5.41, 5.74) is 4.89. The molecule has 6 nitrogen and oxygen atoms in total. The van der Waals surface area contributed by atoms with Gasteiger partial charge in [-0.2, -0.15) is 0 Å². The van der Waals surface area contributed by atoms with E-state index in [4.69, 9.17) is 10.8 Å². The van der Waals surface area contributed by atoms with Crippen LogP contribution >= 0.6 is 0 Å². The van der Waals surface area contributed by atoms with Crippen LogP contribution in [0.25, 0.3) is 0 Å². The predicted octanol–water partition coefficient (Wildman–Crippen LogP) is 1.12. The maximum Gasteiger partial charge on any atom is 0.303 e. The van der Waals surface area contributed by atoms with E-state index in [2.05, 4.69) is 5.32 Å². The molecule has 0 radical (unpaired) electrons. The molecule has 0 atom stereocenters. The first-order valence-electron chi connectivity index (χ1n) is 5.51. The lowest BCUT2D eigenvalue weighted by Gasteiger charge is -2.06. The van der Waals surface area contributed by atoms with E-state index in [1.807, 2.05) is 0 Å². The summed E-state index contributed by atoms with van der Waals surface area (Å²) in [6, 6.07) is 3.44. The Kier molecular flexibility index (Phi) is 4.99. The predicted molar refractivity (Wildman–Crippen MR) is 65.0 cm³/mol. The molecule has 0 aliphatic heterocycles. The quantitative estimate of drug-likeness (QED) is 0.718. The van der Waals surface area contributed by atoms with Gasteiger partial charge in [0.15, 0.2) is 0 Å². The fourth-order valence-electron chi connectivity index (χ4n) is 1.42. The number of nitrogens with one attached hydrogen (secondary N) is 1. The van der Waals surface area contributed by atoms with Crippen molar-refractivity contribution in [2.24, 2.45) is 5.73 Å². The van der Waals surface area contributed by atoms with Gasteiger partial charge in [-0.15, -0.1) is 0 Å². The molecule has 0 fully saturated rings. The Hall–Kier alpha value is -2.44. The maximum absolute atomic E-state index is 13.2. The topological polar surface area (TPSA) is 109 Å². The highest BCUT2D eigenvalue weighted by Gasteiger charge is 2.10. The number of aliphatic carboxylic acids is 1. The molecule has 2 amide bonds. The molecule has 0 saturated carbocycles. The summed E-state index contributed by atoms with van der Waals surface area (Å²) in [5, 5.41) is 10.9.